The number of hydrogen-bond donors (Lipinski definition) is 1. The van der Waals surface area contributed by atoms with Gasteiger partial charge in [0.15, 0.2) is 0 Å². The normalized spacial score (nSPS) is 16.1. The summed E-state index contributed by atoms with van der Waals surface area (Å²) in [6.45, 7) is 2.74. The van der Waals surface area contributed by atoms with Gasteiger partial charge in [-0.3, -0.25) is 19.8 Å². The van der Waals surface area contributed by atoms with Crippen LogP contribution in [0.25, 0.3) is 0 Å². The standard InChI is InChI=1S/C12H14N2O4.ClH/c1-8(12(15)16)13-5-4-9-2-3-11(14(17)18)6-10(9)7-13;/h2-3,6,8H,4-5,7H2,1H3,(H,15,16);1H. The predicted octanol–water partition coefficient (Wildman–Crippen LogP) is 1.85. The van der Waals surface area contributed by atoms with Gasteiger partial charge in [0.05, 0.1) is 4.92 Å². The molecule has 0 aromatic heterocycles. The molecule has 1 aromatic carbocycles. The third kappa shape index (κ3) is 3.21. The summed E-state index contributed by atoms with van der Waals surface area (Å²) in [6.07, 6.45) is 0.727. The number of nitro benzene ring substituents is 1. The van der Waals surface area contributed by atoms with Crippen molar-refractivity contribution in [3.63, 3.8) is 0 Å². The fourth-order valence-electron chi connectivity index (χ4n) is 2.17. The molecule has 0 saturated heterocycles. The predicted molar refractivity (Wildman–Crippen MR) is 71.6 cm³/mol. The lowest BCUT2D eigenvalue weighted by Gasteiger charge is -2.31. The van der Waals surface area contributed by atoms with Crippen LogP contribution >= 0.6 is 12.4 Å². The Kier molecular flexibility index (Phi) is 4.85. The number of halogens is 1. The Balaban J connectivity index is 0.00000180. The molecule has 7 heteroatoms. The lowest BCUT2D eigenvalue weighted by molar-refractivity contribution is -0.385. The van der Waals surface area contributed by atoms with Crippen LogP contribution < -0.4 is 0 Å². The smallest absolute Gasteiger partial charge is 0.320 e. The first-order valence-electron chi connectivity index (χ1n) is 5.72. The number of benzene rings is 1. The first-order valence-corrected chi connectivity index (χ1v) is 5.72. The molecule has 2 rings (SSSR count). The lowest BCUT2D eigenvalue weighted by Crippen LogP contribution is -2.42. The van der Waals surface area contributed by atoms with Gasteiger partial charge in [-0.05, 0) is 24.5 Å². The molecule has 1 aliphatic rings. The number of aliphatic carboxylic acids is 1. The van der Waals surface area contributed by atoms with E-state index in [4.69, 9.17) is 5.11 Å². The van der Waals surface area contributed by atoms with Gasteiger partial charge >= 0.3 is 5.97 Å². The lowest BCUT2D eigenvalue weighted by atomic mass is 9.98. The van der Waals surface area contributed by atoms with E-state index in [0.717, 1.165) is 17.5 Å². The van der Waals surface area contributed by atoms with Crippen LogP contribution in [0.1, 0.15) is 18.1 Å². The van der Waals surface area contributed by atoms with E-state index < -0.39 is 16.9 Å². The van der Waals surface area contributed by atoms with Gasteiger partial charge in [-0.25, -0.2) is 0 Å². The summed E-state index contributed by atoms with van der Waals surface area (Å²) in [7, 11) is 0. The molecule has 6 nitrogen and oxygen atoms in total. The SMILES string of the molecule is CC(C(=O)O)N1CCc2ccc([N+](=O)[O-])cc2C1.Cl. The van der Waals surface area contributed by atoms with E-state index in [2.05, 4.69) is 0 Å². The Morgan fingerprint density at radius 1 is 1.47 bits per heavy atom. The van der Waals surface area contributed by atoms with Crippen molar-refractivity contribution in [1.29, 1.82) is 0 Å². The number of nitro groups is 1. The zero-order valence-electron chi connectivity index (χ0n) is 10.4. The average Bonchev–Trinajstić information content (AvgIpc) is 2.36. The van der Waals surface area contributed by atoms with Gasteiger partial charge in [-0.1, -0.05) is 6.07 Å². The molecule has 1 N–H and O–H groups in total. The summed E-state index contributed by atoms with van der Waals surface area (Å²) in [6, 6.07) is 4.22. The van der Waals surface area contributed by atoms with Gasteiger partial charge in [0.25, 0.3) is 5.69 Å². The Morgan fingerprint density at radius 2 is 2.16 bits per heavy atom. The number of hydrogen-bond acceptors (Lipinski definition) is 4. The van der Waals surface area contributed by atoms with E-state index in [1.54, 1.807) is 13.0 Å². The van der Waals surface area contributed by atoms with Crippen molar-refractivity contribution in [2.45, 2.75) is 25.9 Å². The minimum atomic E-state index is -0.871. The molecule has 1 aliphatic heterocycles. The van der Waals surface area contributed by atoms with Crippen LogP contribution in [0.15, 0.2) is 18.2 Å². The van der Waals surface area contributed by atoms with Crippen LogP contribution in [0.4, 0.5) is 5.69 Å². The summed E-state index contributed by atoms with van der Waals surface area (Å²) in [4.78, 5) is 23.0. The first-order chi connectivity index (χ1) is 8.49. The molecule has 1 aromatic rings. The minimum Gasteiger partial charge on any atom is -0.480 e. The first kappa shape index (κ1) is 15.4. The van der Waals surface area contributed by atoms with Crippen molar-refractivity contribution in [2.75, 3.05) is 6.54 Å². The molecule has 0 fully saturated rings. The highest BCUT2D eigenvalue weighted by Crippen LogP contribution is 2.24. The van der Waals surface area contributed by atoms with Crippen LogP contribution in [0, 0.1) is 10.1 Å². The second kappa shape index (κ2) is 5.99. The number of nitrogens with zero attached hydrogens (tertiary/aromatic N) is 2. The molecule has 0 spiro atoms. The molecule has 0 saturated carbocycles. The second-order valence-corrected chi connectivity index (χ2v) is 4.44. The van der Waals surface area contributed by atoms with Crippen molar-refractivity contribution in [3.05, 3.63) is 39.4 Å². The van der Waals surface area contributed by atoms with Crippen LogP contribution in [-0.2, 0) is 17.8 Å². The summed E-state index contributed by atoms with van der Waals surface area (Å²) >= 11 is 0. The van der Waals surface area contributed by atoms with E-state index in [1.165, 1.54) is 12.1 Å². The molecule has 19 heavy (non-hydrogen) atoms. The Morgan fingerprint density at radius 3 is 2.74 bits per heavy atom. The van der Waals surface area contributed by atoms with E-state index >= 15 is 0 Å². The Hall–Kier alpha value is -1.66. The fourth-order valence-corrected chi connectivity index (χ4v) is 2.17. The molecule has 104 valence electrons. The molecule has 1 atom stereocenters. The van der Waals surface area contributed by atoms with Crippen molar-refractivity contribution in [3.8, 4) is 0 Å². The quantitative estimate of drug-likeness (QED) is 0.677. The van der Waals surface area contributed by atoms with Crippen molar-refractivity contribution in [2.24, 2.45) is 0 Å². The van der Waals surface area contributed by atoms with Gasteiger partial charge in [0.1, 0.15) is 6.04 Å². The summed E-state index contributed by atoms with van der Waals surface area (Å²) in [5.41, 5.74) is 1.97. The fraction of sp³-hybridized carbons (Fsp3) is 0.417. The zero-order valence-corrected chi connectivity index (χ0v) is 11.2. The average molecular weight is 287 g/mol. The van der Waals surface area contributed by atoms with E-state index in [9.17, 15) is 14.9 Å². The number of carboxylic acids is 1. The number of rotatable bonds is 3. The van der Waals surface area contributed by atoms with Crippen molar-refractivity contribution < 1.29 is 14.8 Å². The number of non-ortho nitro benzene ring substituents is 1. The van der Waals surface area contributed by atoms with Crippen molar-refractivity contribution in [1.82, 2.24) is 4.90 Å². The van der Waals surface area contributed by atoms with Crippen LogP contribution in [0.5, 0.6) is 0 Å². The second-order valence-electron chi connectivity index (χ2n) is 4.44. The molecule has 0 radical (unpaired) electrons. The van der Waals surface area contributed by atoms with Crippen LogP contribution in [-0.4, -0.2) is 33.5 Å². The molecule has 0 amide bonds. The minimum absolute atomic E-state index is 0. The number of carbonyl (C=O) groups is 1. The van der Waals surface area contributed by atoms with E-state index in [-0.39, 0.29) is 18.1 Å². The molecular weight excluding hydrogens is 272 g/mol. The highest BCUT2D eigenvalue weighted by Gasteiger charge is 2.25. The monoisotopic (exact) mass is 286 g/mol. The molecule has 0 bridgehead atoms. The summed E-state index contributed by atoms with van der Waals surface area (Å²) in [5, 5.41) is 19.7. The maximum atomic E-state index is 10.9. The number of fused-ring (bicyclic) bond motifs is 1. The molecule has 1 heterocycles. The summed E-state index contributed by atoms with van der Waals surface area (Å²) in [5.74, 6) is -0.871. The third-order valence-electron chi connectivity index (χ3n) is 3.35. The topological polar surface area (TPSA) is 83.7 Å². The zero-order chi connectivity index (χ0) is 13.3. The third-order valence-corrected chi connectivity index (χ3v) is 3.35. The maximum Gasteiger partial charge on any atom is 0.320 e. The largest absolute Gasteiger partial charge is 0.480 e. The summed E-state index contributed by atoms with van der Waals surface area (Å²) < 4.78 is 0. The molecule has 0 aliphatic carbocycles. The highest BCUT2D eigenvalue weighted by atomic mass is 35.5. The van der Waals surface area contributed by atoms with Gasteiger partial charge in [-0.15, -0.1) is 12.4 Å². The van der Waals surface area contributed by atoms with Gasteiger partial charge < -0.3 is 5.11 Å². The highest BCUT2D eigenvalue weighted by molar-refractivity contribution is 5.85. The van der Waals surface area contributed by atoms with Gasteiger partial charge in [-0.2, -0.15) is 0 Å². The maximum absolute atomic E-state index is 10.9. The van der Waals surface area contributed by atoms with Gasteiger partial charge in [0, 0.05) is 25.2 Å². The van der Waals surface area contributed by atoms with E-state index in [1.807, 2.05) is 4.90 Å². The molecule has 1 unspecified atom stereocenters. The van der Waals surface area contributed by atoms with Crippen molar-refractivity contribution >= 4 is 24.1 Å². The Labute approximate surface area is 116 Å². The van der Waals surface area contributed by atoms with Crippen LogP contribution in [0.2, 0.25) is 0 Å². The van der Waals surface area contributed by atoms with E-state index in [0.29, 0.717) is 13.1 Å². The molecular formula is C12H15ClN2O4. The Bertz CT molecular complexity index is 507. The van der Waals surface area contributed by atoms with Crippen LogP contribution in [0.3, 0.4) is 0 Å². The number of carboxylic acid groups (broad SMARTS) is 1. The van der Waals surface area contributed by atoms with Gasteiger partial charge in [0.2, 0.25) is 0 Å².